The van der Waals surface area contributed by atoms with E-state index in [0.29, 0.717) is 11.1 Å². The molecule has 0 saturated heterocycles. The van der Waals surface area contributed by atoms with Crippen LogP contribution in [0.3, 0.4) is 0 Å². The number of hydrazone groups is 1. The van der Waals surface area contributed by atoms with Gasteiger partial charge in [0.05, 0.1) is 17.3 Å². The molecule has 0 atom stereocenters. The first-order valence-electron chi connectivity index (χ1n) is 7.76. The highest BCUT2D eigenvalue weighted by atomic mass is 16.5. The zero-order valence-electron chi connectivity index (χ0n) is 13.6. The average molecular weight is 349 g/mol. The summed E-state index contributed by atoms with van der Waals surface area (Å²) in [5.41, 5.74) is 3.48. The van der Waals surface area contributed by atoms with E-state index in [1.807, 2.05) is 12.1 Å². The van der Waals surface area contributed by atoms with Gasteiger partial charge in [0.25, 0.3) is 5.91 Å². The van der Waals surface area contributed by atoms with Crippen molar-refractivity contribution in [3.63, 3.8) is 0 Å². The van der Waals surface area contributed by atoms with Crippen LogP contribution in [0.15, 0.2) is 65.9 Å². The first kappa shape index (κ1) is 17.1. The van der Waals surface area contributed by atoms with Crippen LogP contribution in [0.2, 0.25) is 0 Å². The number of carbonyl (C=O) groups is 2. The number of aromatic nitrogens is 1. The highest BCUT2D eigenvalue weighted by Crippen LogP contribution is 2.16. The average Bonchev–Trinajstić information content (AvgIpc) is 2.67. The third-order valence-electron chi connectivity index (χ3n) is 3.52. The van der Waals surface area contributed by atoms with Crippen LogP contribution < -0.4 is 5.43 Å². The maximum atomic E-state index is 12.2. The van der Waals surface area contributed by atoms with Gasteiger partial charge >= 0.3 is 5.97 Å². The number of phenols is 1. The minimum atomic E-state index is -0.644. The van der Waals surface area contributed by atoms with Gasteiger partial charge in [0.2, 0.25) is 0 Å². The first-order valence-corrected chi connectivity index (χ1v) is 7.76. The van der Waals surface area contributed by atoms with E-state index in [4.69, 9.17) is 4.74 Å². The van der Waals surface area contributed by atoms with Gasteiger partial charge in [-0.2, -0.15) is 5.10 Å². The molecule has 3 rings (SSSR count). The van der Waals surface area contributed by atoms with Crippen LogP contribution in [0.5, 0.6) is 5.75 Å². The number of rotatable bonds is 5. The lowest BCUT2D eigenvalue weighted by Gasteiger charge is -2.06. The van der Waals surface area contributed by atoms with E-state index in [9.17, 15) is 14.7 Å². The Bertz CT molecular complexity index is 980. The topological polar surface area (TPSA) is 101 Å². The first-order chi connectivity index (χ1) is 12.6. The van der Waals surface area contributed by atoms with Crippen molar-refractivity contribution in [3.05, 3.63) is 71.9 Å². The van der Waals surface area contributed by atoms with E-state index in [2.05, 4.69) is 15.5 Å². The Kier molecular flexibility index (Phi) is 5.19. The van der Waals surface area contributed by atoms with Crippen LogP contribution in [0, 0.1) is 0 Å². The molecule has 0 radical (unpaired) electrons. The van der Waals surface area contributed by atoms with E-state index in [1.54, 1.807) is 42.6 Å². The van der Waals surface area contributed by atoms with Crippen LogP contribution in [0.25, 0.3) is 10.9 Å². The molecule has 0 bridgehead atoms. The number of nitrogens with zero attached hydrogens (tertiary/aromatic N) is 2. The number of aromatic hydroxyl groups is 1. The SMILES string of the molecule is O=C(COC(=O)c1cccc2cccnc12)NN=Cc1ccccc1O. The Morgan fingerprint density at radius 1 is 1.12 bits per heavy atom. The molecule has 2 N–H and O–H groups in total. The standard InChI is InChI=1S/C19H15N3O4/c23-16-9-2-1-5-14(16)11-21-22-17(24)12-26-19(25)15-8-3-6-13-7-4-10-20-18(13)15/h1-11,23H,12H2,(H,22,24). The molecule has 0 saturated carbocycles. The number of benzene rings is 2. The molecule has 7 heteroatoms. The zero-order valence-corrected chi connectivity index (χ0v) is 13.6. The number of amides is 1. The van der Waals surface area contributed by atoms with Crippen molar-refractivity contribution in [2.45, 2.75) is 0 Å². The Labute approximate surface area is 148 Å². The normalized spacial score (nSPS) is 10.8. The second-order valence-corrected chi connectivity index (χ2v) is 5.31. The van der Waals surface area contributed by atoms with Crippen LogP contribution in [-0.2, 0) is 9.53 Å². The molecule has 0 aliphatic carbocycles. The Balaban J connectivity index is 1.57. The number of para-hydroxylation sites is 2. The smallest absolute Gasteiger partial charge is 0.340 e. The molecule has 0 spiro atoms. The number of hydrogen-bond acceptors (Lipinski definition) is 6. The summed E-state index contributed by atoms with van der Waals surface area (Å²) in [5, 5.41) is 14.1. The van der Waals surface area contributed by atoms with Gasteiger partial charge < -0.3 is 9.84 Å². The van der Waals surface area contributed by atoms with Gasteiger partial charge in [0, 0.05) is 17.1 Å². The lowest BCUT2D eigenvalue weighted by molar-refractivity contribution is -0.124. The molecule has 1 aromatic heterocycles. The van der Waals surface area contributed by atoms with Crippen LogP contribution >= 0.6 is 0 Å². The quantitative estimate of drug-likeness (QED) is 0.418. The molecule has 0 aliphatic rings. The summed E-state index contributed by atoms with van der Waals surface area (Å²) in [6, 6.07) is 15.3. The molecule has 2 aromatic carbocycles. The number of hydrogen-bond donors (Lipinski definition) is 2. The molecule has 0 fully saturated rings. The van der Waals surface area contributed by atoms with E-state index in [-0.39, 0.29) is 11.3 Å². The molecular formula is C19H15N3O4. The number of nitrogens with one attached hydrogen (secondary N) is 1. The third-order valence-corrected chi connectivity index (χ3v) is 3.52. The van der Waals surface area contributed by atoms with E-state index >= 15 is 0 Å². The van der Waals surface area contributed by atoms with Crippen LogP contribution in [-0.4, -0.2) is 34.8 Å². The van der Waals surface area contributed by atoms with Gasteiger partial charge in [0.15, 0.2) is 6.61 Å². The maximum absolute atomic E-state index is 12.2. The molecule has 3 aromatic rings. The Morgan fingerprint density at radius 2 is 1.92 bits per heavy atom. The molecule has 0 aliphatic heterocycles. The second kappa shape index (κ2) is 7.89. The molecule has 1 heterocycles. The third kappa shape index (κ3) is 4.02. The summed E-state index contributed by atoms with van der Waals surface area (Å²) >= 11 is 0. The van der Waals surface area contributed by atoms with Gasteiger partial charge in [-0.15, -0.1) is 0 Å². The van der Waals surface area contributed by atoms with Gasteiger partial charge in [-0.3, -0.25) is 9.78 Å². The molecule has 0 unspecified atom stereocenters. The van der Waals surface area contributed by atoms with Crippen molar-refractivity contribution in [1.29, 1.82) is 0 Å². The fraction of sp³-hybridized carbons (Fsp3) is 0.0526. The van der Waals surface area contributed by atoms with Crippen LogP contribution in [0.1, 0.15) is 15.9 Å². The van der Waals surface area contributed by atoms with E-state index < -0.39 is 18.5 Å². The molecule has 26 heavy (non-hydrogen) atoms. The Morgan fingerprint density at radius 3 is 2.77 bits per heavy atom. The highest BCUT2D eigenvalue weighted by Gasteiger charge is 2.13. The summed E-state index contributed by atoms with van der Waals surface area (Å²) in [5.74, 6) is -1.20. The molecular weight excluding hydrogens is 334 g/mol. The van der Waals surface area contributed by atoms with Crippen molar-refractivity contribution in [1.82, 2.24) is 10.4 Å². The largest absolute Gasteiger partial charge is 0.507 e. The zero-order chi connectivity index (χ0) is 18.4. The van der Waals surface area contributed by atoms with Gasteiger partial charge in [-0.05, 0) is 24.3 Å². The molecule has 7 nitrogen and oxygen atoms in total. The number of phenolic OH excluding ortho intramolecular Hbond substituents is 1. The van der Waals surface area contributed by atoms with Gasteiger partial charge in [-0.1, -0.05) is 30.3 Å². The Hall–Kier alpha value is -3.74. The monoisotopic (exact) mass is 349 g/mol. The lowest BCUT2D eigenvalue weighted by Crippen LogP contribution is -2.25. The van der Waals surface area contributed by atoms with Crippen molar-refractivity contribution >= 4 is 29.0 Å². The summed E-state index contributed by atoms with van der Waals surface area (Å²) in [7, 11) is 0. The van der Waals surface area contributed by atoms with Crippen LogP contribution in [0.4, 0.5) is 0 Å². The summed E-state index contributed by atoms with van der Waals surface area (Å²) < 4.78 is 5.01. The molecule has 1 amide bonds. The highest BCUT2D eigenvalue weighted by molar-refractivity contribution is 6.03. The number of carbonyl (C=O) groups excluding carboxylic acids is 2. The predicted octanol–water partition coefficient (Wildman–Crippen LogP) is 2.25. The number of pyridine rings is 1. The minimum absolute atomic E-state index is 0.0420. The maximum Gasteiger partial charge on any atom is 0.340 e. The van der Waals surface area contributed by atoms with Crippen molar-refractivity contribution < 1.29 is 19.4 Å². The summed E-state index contributed by atoms with van der Waals surface area (Å²) in [6.45, 7) is -0.486. The van der Waals surface area contributed by atoms with Gasteiger partial charge in [-0.25, -0.2) is 10.2 Å². The van der Waals surface area contributed by atoms with E-state index in [1.165, 1.54) is 12.3 Å². The van der Waals surface area contributed by atoms with E-state index in [0.717, 1.165) is 5.39 Å². The fourth-order valence-corrected chi connectivity index (χ4v) is 2.28. The van der Waals surface area contributed by atoms with Gasteiger partial charge in [0.1, 0.15) is 5.75 Å². The molecule has 130 valence electrons. The van der Waals surface area contributed by atoms with Crippen molar-refractivity contribution in [2.24, 2.45) is 5.10 Å². The van der Waals surface area contributed by atoms with Crippen molar-refractivity contribution in [2.75, 3.05) is 6.61 Å². The lowest BCUT2D eigenvalue weighted by atomic mass is 10.1. The predicted molar refractivity (Wildman–Crippen MR) is 95.9 cm³/mol. The van der Waals surface area contributed by atoms with Crippen molar-refractivity contribution in [3.8, 4) is 5.75 Å². The number of ether oxygens (including phenoxy) is 1. The second-order valence-electron chi connectivity index (χ2n) is 5.31. The number of esters is 1. The summed E-state index contributed by atoms with van der Waals surface area (Å²) in [6.07, 6.45) is 2.88. The summed E-state index contributed by atoms with van der Waals surface area (Å²) in [4.78, 5) is 28.1. The number of fused-ring (bicyclic) bond motifs is 1. The fourth-order valence-electron chi connectivity index (χ4n) is 2.28. The minimum Gasteiger partial charge on any atom is -0.507 e.